The molecule has 2 nitrogen and oxygen atoms in total. The average Bonchev–Trinajstić information content (AvgIpc) is 1.38. The molecule has 0 heterocycles. The highest BCUT2D eigenvalue weighted by Crippen LogP contribution is 2.08. The summed E-state index contributed by atoms with van der Waals surface area (Å²) >= 11 is 0. The minimum Gasteiger partial charge on any atom is -0.161 e. The molecular weight excluding hydrogens is 126 g/mol. The maximum atomic E-state index is 9.52. The van der Waals surface area contributed by atoms with Gasteiger partial charge in [-0.3, -0.25) is 0 Å². The highest BCUT2D eigenvalue weighted by Gasteiger charge is 1.98. The maximum Gasteiger partial charge on any atom is 0.505 e. The van der Waals surface area contributed by atoms with Gasteiger partial charge in [-0.25, -0.2) is 0 Å². The second-order valence-corrected chi connectivity index (χ2v) is 2.01. The van der Waals surface area contributed by atoms with Gasteiger partial charge < -0.3 is 0 Å². The molecule has 7 heavy (non-hydrogen) atoms. The summed E-state index contributed by atoms with van der Waals surface area (Å²) in [6, 6.07) is 0. The van der Waals surface area contributed by atoms with Gasteiger partial charge in [-0.05, 0) is 11.5 Å². The van der Waals surface area contributed by atoms with E-state index in [4.69, 9.17) is 4.89 Å². The molecule has 0 radical (unpaired) electrons. The van der Waals surface area contributed by atoms with Crippen LogP contribution in [-0.2, 0) is 4.57 Å². The Bertz CT molecular complexity index is 48.2. The lowest BCUT2D eigenvalue weighted by Gasteiger charge is -1.53. The third kappa shape index (κ3) is 20.7. The zero-order valence-corrected chi connectivity index (χ0v) is 3.90. The molecule has 1 unspecified atom stereocenters. The van der Waals surface area contributed by atoms with Crippen LogP contribution in [0.1, 0.15) is 14.4 Å². The number of rotatable bonds is 1. The summed E-state index contributed by atoms with van der Waals surface area (Å²) in [5.74, 6) is 0. The maximum absolute atomic E-state index is 9.52. The van der Waals surface area contributed by atoms with Crippen molar-refractivity contribution < 1.29 is 9.46 Å². The molecule has 0 aliphatic carbocycles. The van der Waals surface area contributed by atoms with Crippen LogP contribution < -0.4 is 0 Å². The van der Waals surface area contributed by atoms with E-state index in [0.717, 1.165) is 0 Å². The van der Waals surface area contributed by atoms with Crippen LogP contribution >= 0.6 is 8.03 Å². The highest BCUT2D eigenvalue weighted by atomic mass is 31.1. The van der Waals surface area contributed by atoms with Crippen molar-refractivity contribution in [3.63, 3.8) is 0 Å². The Balaban J connectivity index is -0.0000000800. The third-order valence-corrected chi connectivity index (χ3v) is 0.812. The molecule has 0 rings (SSSR count). The molecule has 0 aliphatic rings. The Labute approximate surface area is 55.9 Å². The summed E-state index contributed by atoms with van der Waals surface area (Å²) in [5.41, 5.74) is 0. The second-order valence-electron chi connectivity index (χ2n) is 0.668. The smallest absolute Gasteiger partial charge is 0.161 e. The van der Waals surface area contributed by atoms with Gasteiger partial charge in [0.15, 0.2) is 23.5 Å². The van der Waals surface area contributed by atoms with Crippen LogP contribution in [0.3, 0.4) is 0 Å². The van der Waals surface area contributed by atoms with E-state index in [1.165, 1.54) is 0 Å². The quantitative estimate of drug-likeness (QED) is 0.416. The monoisotopic (exact) mass is 139 g/mol. The first-order valence-electron chi connectivity index (χ1n) is 1.41. The first kappa shape index (κ1) is 15.6. The zero-order chi connectivity index (χ0) is 4.28. The molecule has 4 heteroatoms. The minimum atomic E-state index is -1.85. The van der Waals surface area contributed by atoms with Gasteiger partial charge in [0, 0.05) is 0 Å². The fraction of sp³-hybridized carbons (Fsp3) is 1.00. The standard InChI is InChI=1S/C2H5O2P.CH4.Al.3H/c1-2-5(3)4;;;;;/h2H2,1H3;1H4;;;;/p+1. The van der Waals surface area contributed by atoms with Crippen LogP contribution in [0.25, 0.3) is 0 Å². The fourth-order valence-corrected chi connectivity index (χ4v) is 0. The Kier molecular flexibility index (Phi) is 21.9. The molecule has 0 bridgehead atoms. The van der Waals surface area contributed by atoms with Gasteiger partial charge in [-0.15, -0.1) is 0 Å². The largest absolute Gasteiger partial charge is 0.505 e. The van der Waals surface area contributed by atoms with Gasteiger partial charge in [0.2, 0.25) is 0 Å². The zero-order valence-electron chi connectivity index (χ0n) is 3.01. The molecule has 0 aliphatic heterocycles. The van der Waals surface area contributed by atoms with Crippen molar-refractivity contribution >= 4 is 25.4 Å². The van der Waals surface area contributed by atoms with Crippen molar-refractivity contribution in [3.05, 3.63) is 0 Å². The van der Waals surface area contributed by atoms with Crippen LogP contribution in [-0.4, -0.2) is 28.4 Å². The molecular formula is C3H13AlO2P+. The Morgan fingerprint density at radius 2 is 1.86 bits per heavy atom. The molecule has 0 spiro atoms. The first-order chi connectivity index (χ1) is 2.27. The summed E-state index contributed by atoms with van der Waals surface area (Å²) < 4.78 is 9.52. The Hall–Kier alpha value is 0.592. The molecule has 0 amide bonds. The summed E-state index contributed by atoms with van der Waals surface area (Å²) in [6.07, 6.45) is 0.370. The SMILES string of the molecule is C.CC[P+](=O)O.[AlH3]. The van der Waals surface area contributed by atoms with E-state index in [2.05, 4.69) is 0 Å². The van der Waals surface area contributed by atoms with Crippen LogP contribution in [0.4, 0.5) is 0 Å². The molecule has 0 aromatic rings. The van der Waals surface area contributed by atoms with E-state index in [0.29, 0.717) is 6.16 Å². The van der Waals surface area contributed by atoms with Crippen molar-refractivity contribution in [2.45, 2.75) is 14.4 Å². The first-order valence-corrected chi connectivity index (χ1v) is 2.80. The number of hydrogen-bond acceptors (Lipinski definition) is 1. The Morgan fingerprint density at radius 1 is 1.71 bits per heavy atom. The van der Waals surface area contributed by atoms with Crippen LogP contribution in [0.2, 0.25) is 0 Å². The van der Waals surface area contributed by atoms with Crippen molar-refractivity contribution in [1.29, 1.82) is 0 Å². The highest BCUT2D eigenvalue weighted by molar-refractivity contribution is 7.37. The van der Waals surface area contributed by atoms with Crippen LogP contribution in [0, 0.1) is 0 Å². The van der Waals surface area contributed by atoms with E-state index in [1.807, 2.05) is 0 Å². The fourth-order valence-electron chi connectivity index (χ4n) is 0. The molecule has 1 atom stereocenters. The van der Waals surface area contributed by atoms with Crippen molar-refractivity contribution in [3.8, 4) is 0 Å². The second kappa shape index (κ2) is 9.78. The van der Waals surface area contributed by atoms with Crippen molar-refractivity contribution in [2.24, 2.45) is 0 Å². The van der Waals surface area contributed by atoms with Gasteiger partial charge in [0.05, 0.1) is 0 Å². The van der Waals surface area contributed by atoms with E-state index < -0.39 is 8.03 Å². The van der Waals surface area contributed by atoms with E-state index in [-0.39, 0.29) is 24.8 Å². The molecule has 0 aromatic carbocycles. The Morgan fingerprint density at radius 3 is 1.86 bits per heavy atom. The van der Waals surface area contributed by atoms with Crippen LogP contribution in [0.15, 0.2) is 0 Å². The van der Waals surface area contributed by atoms with Crippen molar-refractivity contribution in [2.75, 3.05) is 6.16 Å². The minimum absolute atomic E-state index is 0. The lowest BCUT2D eigenvalue weighted by atomic mass is 11.0. The molecule has 44 valence electrons. The van der Waals surface area contributed by atoms with Crippen molar-refractivity contribution in [1.82, 2.24) is 0 Å². The molecule has 0 saturated carbocycles. The molecule has 0 fully saturated rings. The summed E-state index contributed by atoms with van der Waals surface area (Å²) in [5, 5.41) is 0. The van der Waals surface area contributed by atoms with E-state index in [9.17, 15) is 4.57 Å². The van der Waals surface area contributed by atoms with Gasteiger partial charge in [0.1, 0.15) is 0 Å². The molecule has 0 saturated heterocycles. The van der Waals surface area contributed by atoms with Crippen LogP contribution in [0.5, 0.6) is 0 Å². The lowest BCUT2D eigenvalue weighted by Crippen LogP contribution is -1.56. The topological polar surface area (TPSA) is 37.3 Å². The van der Waals surface area contributed by atoms with E-state index >= 15 is 0 Å². The average molecular weight is 139 g/mol. The molecule has 1 N–H and O–H groups in total. The predicted octanol–water partition coefficient (Wildman–Crippen LogP) is 0.193. The number of hydrogen-bond donors (Lipinski definition) is 1. The molecule has 0 aromatic heterocycles. The normalized spacial score (nSPS) is 8.00. The predicted molar refractivity (Wildman–Crippen MR) is 37.0 cm³/mol. The lowest BCUT2D eigenvalue weighted by molar-refractivity contribution is 0.504. The summed E-state index contributed by atoms with van der Waals surface area (Å²) in [6.45, 7) is 1.67. The van der Waals surface area contributed by atoms with Gasteiger partial charge in [-0.1, -0.05) is 7.43 Å². The van der Waals surface area contributed by atoms with Gasteiger partial charge >= 0.3 is 8.03 Å². The van der Waals surface area contributed by atoms with Gasteiger partial charge in [-0.2, -0.15) is 4.89 Å². The van der Waals surface area contributed by atoms with E-state index in [1.54, 1.807) is 6.92 Å². The third-order valence-electron chi connectivity index (χ3n) is 0.271. The van der Waals surface area contributed by atoms with Gasteiger partial charge in [0.25, 0.3) is 0 Å². The summed E-state index contributed by atoms with van der Waals surface area (Å²) in [4.78, 5) is 7.87. The summed E-state index contributed by atoms with van der Waals surface area (Å²) in [7, 11) is -1.85.